The lowest BCUT2D eigenvalue weighted by atomic mass is 9.35. The van der Waals surface area contributed by atoms with Crippen LogP contribution in [0.25, 0.3) is 0 Å². The fraction of sp³-hybridized carbons (Fsp3) is 0.538. The standard InChI is InChI=1S/C39H50N4O2S2/c1-23(2)27-22-39-19-16-31-37(5,17-11-18-38(31,6)34(45)43-36(47)41-30-15-10-8-13-25(30)4)32(39)21-26(27)20-28(39)33(44)42-35(46)40-29-14-9-7-12-24(29)3/h7-10,12-15,22-23,26,28,31-32H,11,16-21H2,1-6H3,(H2,40,42,44,46)(H2,41,43,45,47)/t26-,28?,31-,32-,37+,38-,39+/m1/s1. The molecular formula is C39H50N4O2S2. The summed E-state index contributed by atoms with van der Waals surface area (Å²) in [7, 11) is 0. The van der Waals surface area contributed by atoms with Crippen molar-refractivity contribution in [3.63, 3.8) is 0 Å². The van der Waals surface area contributed by atoms with Crippen molar-refractivity contribution < 1.29 is 9.59 Å². The summed E-state index contributed by atoms with van der Waals surface area (Å²) in [5.74, 6) is 1.19. The Morgan fingerprint density at radius 1 is 0.809 bits per heavy atom. The molecule has 5 aliphatic carbocycles. The number of hydrogen-bond acceptors (Lipinski definition) is 4. The molecule has 2 amide bonds. The van der Waals surface area contributed by atoms with Gasteiger partial charge < -0.3 is 21.3 Å². The topological polar surface area (TPSA) is 82.3 Å². The number of thiocarbonyl (C=S) groups is 2. The van der Waals surface area contributed by atoms with Gasteiger partial charge in [-0.1, -0.05) is 82.2 Å². The molecule has 4 N–H and O–H groups in total. The van der Waals surface area contributed by atoms with Crippen LogP contribution in [0.3, 0.4) is 0 Å². The summed E-state index contributed by atoms with van der Waals surface area (Å²) in [4.78, 5) is 28.4. The van der Waals surface area contributed by atoms with Crippen LogP contribution in [0, 0.1) is 59.7 Å². The van der Waals surface area contributed by atoms with E-state index in [2.05, 4.69) is 55.0 Å². The molecule has 7 rings (SSSR count). The third-order valence-corrected chi connectivity index (χ3v) is 13.0. The Balaban J connectivity index is 1.25. The maximum absolute atomic E-state index is 14.2. The Morgan fingerprint density at radius 2 is 1.40 bits per heavy atom. The molecule has 0 aliphatic heterocycles. The van der Waals surface area contributed by atoms with E-state index in [0.29, 0.717) is 28.0 Å². The predicted molar refractivity (Wildman–Crippen MR) is 199 cm³/mol. The molecule has 7 atom stereocenters. The van der Waals surface area contributed by atoms with Crippen molar-refractivity contribution in [2.45, 2.75) is 86.5 Å². The zero-order valence-electron chi connectivity index (χ0n) is 28.7. The summed E-state index contributed by atoms with van der Waals surface area (Å²) in [5.41, 5.74) is 4.59. The number of aryl methyl sites for hydroxylation is 2. The van der Waals surface area contributed by atoms with E-state index < -0.39 is 5.41 Å². The quantitative estimate of drug-likeness (QED) is 0.189. The van der Waals surface area contributed by atoms with E-state index in [1.165, 1.54) is 5.57 Å². The fourth-order valence-electron chi connectivity index (χ4n) is 10.4. The molecule has 0 aromatic heterocycles. The van der Waals surface area contributed by atoms with Crippen molar-refractivity contribution in [2.75, 3.05) is 10.6 Å². The number of carbonyl (C=O) groups is 2. The maximum atomic E-state index is 14.2. The van der Waals surface area contributed by atoms with Crippen molar-refractivity contribution in [1.82, 2.24) is 10.6 Å². The van der Waals surface area contributed by atoms with Crippen molar-refractivity contribution >= 4 is 57.8 Å². The Kier molecular flexibility index (Phi) is 9.16. The summed E-state index contributed by atoms with van der Waals surface area (Å²) < 4.78 is 0. The number of anilines is 2. The van der Waals surface area contributed by atoms with Gasteiger partial charge in [0, 0.05) is 22.7 Å². The molecule has 1 spiro atoms. The monoisotopic (exact) mass is 670 g/mol. The van der Waals surface area contributed by atoms with Crippen molar-refractivity contribution in [2.24, 2.45) is 45.8 Å². The van der Waals surface area contributed by atoms with E-state index in [9.17, 15) is 9.59 Å². The van der Waals surface area contributed by atoms with Crippen LogP contribution in [0.5, 0.6) is 0 Å². The third-order valence-electron chi connectivity index (χ3n) is 12.6. The molecule has 0 heterocycles. The molecule has 250 valence electrons. The van der Waals surface area contributed by atoms with Gasteiger partial charge in [0.1, 0.15) is 0 Å². The van der Waals surface area contributed by atoms with Crippen LogP contribution in [0.1, 0.15) is 83.8 Å². The van der Waals surface area contributed by atoms with Crippen LogP contribution in [0.2, 0.25) is 0 Å². The molecule has 2 aromatic rings. The van der Waals surface area contributed by atoms with E-state index in [0.717, 1.165) is 67.4 Å². The first-order valence-electron chi connectivity index (χ1n) is 17.4. The van der Waals surface area contributed by atoms with E-state index >= 15 is 0 Å². The third kappa shape index (κ3) is 5.94. The lowest BCUT2D eigenvalue weighted by Crippen LogP contribution is -2.65. The van der Waals surface area contributed by atoms with Gasteiger partial charge in [-0.15, -0.1) is 0 Å². The normalized spacial score (nSPS) is 32.4. The van der Waals surface area contributed by atoms with Gasteiger partial charge in [0.15, 0.2) is 10.2 Å². The highest BCUT2D eigenvalue weighted by Crippen LogP contribution is 2.72. The molecule has 47 heavy (non-hydrogen) atoms. The summed E-state index contributed by atoms with van der Waals surface area (Å²) in [5, 5.41) is 13.4. The number of allylic oxidation sites excluding steroid dienone is 2. The minimum atomic E-state index is -0.551. The van der Waals surface area contributed by atoms with E-state index in [1.807, 2.05) is 62.4 Å². The molecule has 8 heteroatoms. The van der Waals surface area contributed by atoms with Gasteiger partial charge in [0.2, 0.25) is 11.8 Å². The number of fused-ring (bicyclic) bond motifs is 2. The fourth-order valence-corrected chi connectivity index (χ4v) is 10.8. The molecule has 0 radical (unpaired) electrons. The first-order chi connectivity index (χ1) is 22.3. The van der Waals surface area contributed by atoms with Gasteiger partial charge in [-0.2, -0.15) is 0 Å². The zero-order valence-corrected chi connectivity index (χ0v) is 30.3. The largest absolute Gasteiger partial charge is 0.332 e. The minimum Gasteiger partial charge on any atom is -0.332 e. The smallest absolute Gasteiger partial charge is 0.232 e. The molecule has 2 bridgehead atoms. The highest BCUT2D eigenvalue weighted by molar-refractivity contribution is 7.80. The van der Waals surface area contributed by atoms with Gasteiger partial charge in [-0.3, -0.25) is 9.59 Å². The molecule has 3 fully saturated rings. The zero-order chi connectivity index (χ0) is 33.7. The first kappa shape index (κ1) is 33.8. The van der Waals surface area contributed by atoms with Crippen molar-refractivity contribution in [3.05, 3.63) is 71.3 Å². The molecule has 2 aromatic carbocycles. The summed E-state index contributed by atoms with van der Waals surface area (Å²) in [6.45, 7) is 13.2. The number of amides is 2. The Hall–Kier alpha value is -3.10. The van der Waals surface area contributed by atoms with Crippen molar-refractivity contribution in [1.29, 1.82) is 0 Å². The van der Waals surface area contributed by atoms with Crippen LogP contribution < -0.4 is 21.3 Å². The lowest BCUT2D eigenvalue weighted by molar-refractivity contribution is -0.181. The van der Waals surface area contributed by atoms with Gasteiger partial charge in [0.25, 0.3) is 0 Å². The minimum absolute atomic E-state index is 0.0109. The van der Waals surface area contributed by atoms with Gasteiger partial charge in [0.05, 0.1) is 5.41 Å². The molecule has 6 nitrogen and oxygen atoms in total. The van der Waals surface area contributed by atoms with Crippen LogP contribution in [-0.2, 0) is 9.59 Å². The Labute approximate surface area is 291 Å². The second-order valence-corrected chi connectivity index (χ2v) is 16.4. The van der Waals surface area contributed by atoms with Gasteiger partial charge in [-0.25, -0.2) is 0 Å². The van der Waals surface area contributed by atoms with E-state index in [-0.39, 0.29) is 34.5 Å². The Bertz CT molecular complexity index is 1640. The summed E-state index contributed by atoms with van der Waals surface area (Å²) >= 11 is 11.3. The van der Waals surface area contributed by atoms with E-state index in [1.54, 1.807) is 0 Å². The number of hydrogen-bond donors (Lipinski definition) is 4. The van der Waals surface area contributed by atoms with Gasteiger partial charge in [-0.05, 0) is 129 Å². The summed E-state index contributed by atoms with van der Waals surface area (Å²) in [6.07, 6.45) is 9.16. The second kappa shape index (κ2) is 12.7. The lowest BCUT2D eigenvalue weighted by Gasteiger charge is -2.68. The number of benzene rings is 2. The highest BCUT2D eigenvalue weighted by atomic mass is 32.1. The molecule has 1 unspecified atom stereocenters. The first-order valence-corrected chi connectivity index (χ1v) is 18.2. The van der Waals surface area contributed by atoms with Crippen molar-refractivity contribution in [3.8, 4) is 0 Å². The molecule has 0 saturated heterocycles. The average molecular weight is 671 g/mol. The van der Waals surface area contributed by atoms with Gasteiger partial charge >= 0.3 is 0 Å². The van der Waals surface area contributed by atoms with Crippen LogP contribution in [0.15, 0.2) is 60.2 Å². The number of rotatable bonds is 5. The SMILES string of the molecule is Cc1ccccc1NC(=S)NC(=O)C1C[C@@H]2C[C@@H]3[C@@]4(C)CCC[C@@](C)(C(=O)NC(=S)Nc5ccccc5C)[C@@H]4CC[C@]13C=C2C(C)C. The molecular weight excluding hydrogens is 621 g/mol. The number of nitrogens with one attached hydrogen (secondary N) is 4. The molecule has 3 saturated carbocycles. The molecule has 5 aliphatic rings. The Morgan fingerprint density at radius 3 is 2.00 bits per heavy atom. The van der Waals surface area contributed by atoms with E-state index in [4.69, 9.17) is 24.4 Å². The highest BCUT2D eigenvalue weighted by Gasteiger charge is 2.67. The van der Waals surface area contributed by atoms with Crippen LogP contribution in [-0.4, -0.2) is 22.0 Å². The summed E-state index contributed by atoms with van der Waals surface area (Å²) in [6, 6.07) is 15.9. The number of para-hydroxylation sites is 2. The van der Waals surface area contributed by atoms with Crippen LogP contribution in [0.4, 0.5) is 11.4 Å². The predicted octanol–water partition coefficient (Wildman–Crippen LogP) is 8.46. The maximum Gasteiger partial charge on any atom is 0.232 e. The van der Waals surface area contributed by atoms with Crippen LogP contribution >= 0.6 is 24.4 Å². The second-order valence-electron chi connectivity index (χ2n) is 15.5. The average Bonchev–Trinajstić information content (AvgIpc) is 3.02. The number of carbonyl (C=O) groups excluding carboxylic acids is 2.